The topological polar surface area (TPSA) is 47.8 Å². The predicted octanol–water partition coefficient (Wildman–Crippen LogP) is 1.58. The number of hydrogen-bond donors (Lipinski definition) is 1. The van der Waals surface area contributed by atoms with E-state index in [1.54, 1.807) is 18.4 Å². The SMILES string of the molecule is CCNC(COCCOC)Cc1cn2ccsc2n1. The molecule has 19 heavy (non-hydrogen) atoms. The standard InChI is InChI=1S/C13H21N3O2S/c1-3-14-12(10-18-6-5-17-2)8-11-9-16-4-7-19-13(16)15-11/h4,7,9,12,14H,3,5-6,8,10H2,1-2H3. The molecule has 0 saturated heterocycles. The van der Waals surface area contributed by atoms with Crippen molar-refractivity contribution < 1.29 is 9.47 Å². The molecule has 0 fully saturated rings. The molecule has 2 aromatic rings. The lowest BCUT2D eigenvalue weighted by atomic mass is 10.2. The highest BCUT2D eigenvalue weighted by atomic mass is 32.1. The van der Waals surface area contributed by atoms with Crippen LogP contribution in [0.2, 0.25) is 0 Å². The Labute approximate surface area is 117 Å². The van der Waals surface area contributed by atoms with Gasteiger partial charge in [-0.3, -0.25) is 4.40 Å². The summed E-state index contributed by atoms with van der Waals surface area (Å²) >= 11 is 1.66. The molecular weight excluding hydrogens is 262 g/mol. The van der Waals surface area contributed by atoms with Gasteiger partial charge in [0.2, 0.25) is 0 Å². The fourth-order valence-corrected chi connectivity index (χ4v) is 2.69. The third kappa shape index (κ3) is 4.28. The molecule has 2 aromatic heterocycles. The normalized spacial score (nSPS) is 13.2. The molecule has 1 unspecified atom stereocenters. The summed E-state index contributed by atoms with van der Waals surface area (Å²) in [4.78, 5) is 5.65. The molecule has 1 atom stereocenters. The lowest BCUT2D eigenvalue weighted by Crippen LogP contribution is -2.35. The monoisotopic (exact) mass is 283 g/mol. The number of hydrogen-bond acceptors (Lipinski definition) is 5. The van der Waals surface area contributed by atoms with E-state index in [1.165, 1.54) is 0 Å². The van der Waals surface area contributed by atoms with E-state index < -0.39 is 0 Å². The van der Waals surface area contributed by atoms with Gasteiger partial charge < -0.3 is 14.8 Å². The van der Waals surface area contributed by atoms with E-state index in [0.29, 0.717) is 25.9 Å². The Hall–Kier alpha value is -0.950. The molecule has 106 valence electrons. The van der Waals surface area contributed by atoms with Crippen LogP contribution in [0.1, 0.15) is 12.6 Å². The van der Waals surface area contributed by atoms with Gasteiger partial charge in [-0.1, -0.05) is 6.92 Å². The van der Waals surface area contributed by atoms with Crippen molar-refractivity contribution in [2.24, 2.45) is 0 Å². The van der Waals surface area contributed by atoms with Crippen molar-refractivity contribution in [1.82, 2.24) is 14.7 Å². The van der Waals surface area contributed by atoms with E-state index in [9.17, 15) is 0 Å². The summed E-state index contributed by atoms with van der Waals surface area (Å²) < 4.78 is 12.6. The molecule has 0 radical (unpaired) electrons. The summed E-state index contributed by atoms with van der Waals surface area (Å²) in [5, 5.41) is 5.48. The minimum absolute atomic E-state index is 0.298. The number of aromatic nitrogens is 2. The molecule has 6 heteroatoms. The van der Waals surface area contributed by atoms with Crippen molar-refractivity contribution in [1.29, 1.82) is 0 Å². The van der Waals surface area contributed by atoms with E-state index >= 15 is 0 Å². The second-order valence-electron chi connectivity index (χ2n) is 4.35. The molecule has 0 aromatic carbocycles. The maximum atomic E-state index is 5.60. The van der Waals surface area contributed by atoms with Gasteiger partial charge in [0.05, 0.1) is 25.5 Å². The second kappa shape index (κ2) is 7.59. The minimum Gasteiger partial charge on any atom is -0.382 e. The van der Waals surface area contributed by atoms with Gasteiger partial charge in [0.1, 0.15) is 0 Å². The Morgan fingerprint density at radius 1 is 1.47 bits per heavy atom. The molecule has 0 aliphatic heterocycles. The number of methoxy groups -OCH3 is 1. The van der Waals surface area contributed by atoms with Gasteiger partial charge in [0.15, 0.2) is 4.96 Å². The first-order chi connectivity index (χ1) is 9.33. The highest BCUT2D eigenvalue weighted by Crippen LogP contribution is 2.12. The number of nitrogens with zero attached hydrogens (tertiary/aromatic N) is 2. The average Bonchev–Trinajstić information content (AvgIpc) is 2.95. The number of imidazole rings is 1. The molecule has 2 rings (SSSR count). The van der Waals surface area contributed by atoms with Gasteiger partial charge >= 0.3 is 0 Å². The van der Waals surface area contributed by atoms with Crippen molar-refractivity contribution in [3.05, 3.63) is 23.5 Å². The Balaban J connectivity index is 1.86. The molecule has 1 N–H and O–H groups in total. The smallest absolute Gasteiger partial charge is 0.193 e. The van der Waals surface area contributed by atoms with Crippen LogP contribution in [0.3, 0.4) is 0 Å². The molecule has 0 spiro atoms. The molecule has 2 heterocycles. The first-order valence-electron chi connectivity index (χ1n) is 6.54. The van der Waals surface area contributed by atoms with Crippen LogP contribution in [0, 0.1) is 0 Å². The number of thiazole rings is 1. The summed E-state index contributed by atoms with van der Waals surface area (Å²) in [5.74, 6) is 0. The number of nitrogens with one attached hydrogen (secondary N) is 1. The summed E-state index contributed by atoms with van der Waals surface area (Å²) in [6, 6.07) is 0.298. The highest BCUT2D eigenvalue weighted by molar-refractivity contribution is 7.15. The third-order valence-electron chi connectivity index (χ3n) is 2.84. The van der Waals surface area contributed by atoms with Crippen LogP contribution in [-0.2, 0) is 15.9 Å². The number of rotatable bonds is 9. The van der Waals surface area contributed by atoms with Crippen molar-refractivity contribution >= 4 is 16.3 Å². The van der Waals surface area contributed by atoms with Crippen LogP contribution < -0.4 is 5.32 Å². The second-order valence-corrected chi connectivity index (χ2v) is 5.22. The Kier molecular flexibility index (Phi) is 5.78. The van der Waals surface area contributed by atoms with Crippen molar-refractivity contribution in [2.45, 2.75) is 19.4 Å². The molecule has 0 aliphatic rings. The third-order valence-corrected chi connectivity index (χ3v) is 3.61. The van der Waals surface area contributed by atoms with Crippen LogP contribution in [0.5, 0.6) is 0 Å². The van der Waals surface area contributed by atoms with E-state index in [0.717, 1.165) is 23.6 Å². The van der Waals surface area contributed by atoms with Gasteiger partial charge in [-0.2, -0.15) is 0 Å². The Bertz CT molecular complexity index is 454. The number of likely N-dealkylation sites (N-methyl/N-ethyl adjacent to an activating group) is 1. The van der Waals surface area contributed by atoms with Gasteiger partial charge in [-0.25, -0.2) is 4.98 Å². The fourth-order valence-electron chi connectivity index (χ4n) is 1.97. The number of fused-ring (bicyclic) bond motifs is 1. The molecule has 5 nitrogen and oxygen atoms in total. The Morgan fingerprint density at radius 3 is 3.11 bits per heavy atom. The van der Waals surface area contributed by atoms with E-state index in [1.807, 2.05) is 11.6 Å². The highest BCUT2D eigenvalue weighted by Gasteiger charge is 2.11. The van der Waals surface area contributed by atoms with Gasteiger partial charge in [-0.15, -0.1) is 11.3 Å². The quantitative estimate of drug-likeness (QED) is 0.710. The molecule has 0 amide bonds. The zero-order chi connectivity index (χ0) is 13.5. The van der Waals surface area contributed by atoms with E-state index in [-0.39, 0.29) is 0 Å². The molecule has 0 saturated carbocycles. The van der Waals surface area contributed by atoms with Gasteiger partial charge in [0.25, 0.3) is 0 Å². The predicted molar refractivity (Wildman–Crippen MR) is 76.9 cm³/mol. The first-order valence-corrected chi connectivity index (χ1v) is 7.42. The molecule has 0 aliphatic carbocycles. The van der Waals surface area contributed by atoms with Crippen LogP contribution in [0.15, 0.2) is 17.8 Å². The molecular formula is C13H21N3O2S. The average molecular weight is 283 g/mol. The zero-order valence-corrected chi connectivity index (χ0v) is 12.3. The summed E-state index contributed by atoms with van der Waals surface area (Å²) in [7, 11) is 1.68. The fraction of sp³-hybridized carbons (Fsp3) is 0.615. The van der Waals surface area contributed by atoms with Crippen LogP contribution in [-0.4, -0.2) is 48.9 Å². The number of ether oxygens (including phenoxy) is 2. The first kappa shape index (κ1) is 14.5. The minimum atomic E-state index is 0.298. The lowest BCUT2D eigenvalue weighted by Gasteiger charge is -2.16. The van der Waals surface area contributed by atoms with E-state index in [4.69, 9.17) is 9.47 Å². The maximum absolute atomic E-state index is 5.60. The van der Waals surface area contributed by atoms with Crippen LogP contribution in [0.25, 0.3) is 4.96 Å². The summed E-state index contributed by atoms with van der Waals surface area (Å²) in [6.07, 6.45) is 5.01. The van der Waals surface area contributed by atoms with Crippen molar-refractivity contribution in [3.8, 4) is 0 Å². The zero-order valence-electron chi connectivity index (χ0n) is 11.5. The van der Waals surface area contributed by atoms with Crippen LogP contribution in [0.4, 0.5) is 0 Å². The van der Waals surface area contributed by atoms with Crippen molar-refractivity contribution in [3.63, 3.8) is 0 Å². The van der Waals surface area contributed by atoms with E-state index in [2.05, 4.69) is 27.8 Å². The summed E-state index contributed by atoms with van der Waals surface area (Å²) in [5.41, 5.74) is 1.10. The molecule has 0 bridgehead atoms. The largest absolute Gasteiger partial charge is 0.382 e. The van der Waals surface area contributed by atoms with Crippen molar-refractivity contribution in [2.75, 3.05) is 33.5 Å². The lowest BCUT2D eigenvalue weighted by molar-refractivity contribution is 0.0588. The summed E-state index contributed by atoms with van der Waals surface area (Å²) in [6.45, 7) is 4.99. The van der Waals surface area contributed by atoms with Gasteiger partial charge in [0, 0.05) is 37.3 Å². The Morgan fingerprint density at radius 2 is 2.37 bits per heavy atom. The van der Waals surface area contributed by atoms with Gasteiger partial charge in [-0.05, 0) is 6.54 Å². The maximum Gasteiger partial charge on any atom is 0.193 e. The van der Waals surface area contributed by atoms with Crippen LogP contribution >= 0.6 is 11.3 Å².